The predicted molar refractivity (Wildman–Crippen MR) is 80.9 cm³/mol. The highest BCUT2D eigenvalue weighted by Gasteiger charge is 2.33. The number of ether oxygens (including phenoxy) is 1. The minimum absolute atomic E-state index is 0.0740. The van der Waals surface area contributed by atoms with Gasteiger partial charge >= 0.3 is 12.2 Å². The third kappa shape index (κ3) is 6.30. The first-order chi connectivity index (χ1) is 11.0. The van der Waals surface area contributed by atoms with Gasteiger partial charge in [0.25, 0.3) is 0 Å². The molecule has 0 aliphatic heterocycles. The summed E-state index contributed by atoms with van der Waals surface area (Å²) < 4.78 is 5.51. The van der Waals surface area contributed by atoms with Crippen LogP contribution in [-0.2, 0) is 19.1 Å². The molecule has 0 heterocycles. The van der Waals surface area contributed by atoms with E-state index in [0.717, 1.165) is 25.7 Å². The molecule has 128 valence electrons. The van der Waals surface area contributed by atoms with E-state index in [2.05, 4.69) is 10.1 Å². The highest BCUT2D eigenvalue weighted by atomic mass is 16.5. The monoisotopic (exact) mass is 325 g/mol. The SMILES string of the molecule is CCO[C@H](C(=O)N[C@@H](CCC(=O)C=[N+]=[N-])C(=O)O)C1CCCC1. The molecule has 0 aromatic heterocycles. The number of carbonyl (C=O) groups excluding carboxylic acids is 2. The van der Waals surface area contributed by atoms with Gasteiger partial charge in [0.15, 0.2) is 0 Å². The van der Waals surface area contributed by atoms with Crippen LogP contribution in [0.5, 0.6) is 0 Å². The first-order valence-electron chi connectivity index (χ1n) is 7.84. The minimum atomic E-state index is -1.21. The van der Waals surface area contributed by atoms with Crippen LogP contribution in [0.1, 0.15) is 45.4 Å². The van der Waals surface area contributed by atoms with Gasteiger partial charge in [0, 0.05) is 13.0 Å². The number of nitrogens with one attached hydrogen (secondary N) is 1. The normalized spacial score (nSPS) is 17.1. The molecule has 23 heavy (non-hydrogen) atoms. The molecule has 1 aliphatic carbocycles. The van der Waals surface area contributed by atoms with E-state index in [9.17, 15) is 19.5 Å². The Morgan fingerprint density at radius 2 is 2.04 bits per heavy atom. The number of amides is 1. The van der Waals surface area contributed by atoms with Crippen LogP contribution in [-0.4, -0.2) is 52.5 Å². The number of carboxylic acid groups (broad SMARTS) is 1. The maximum Gasteiger partial charge on any atom is 0.326 e. The highest BCUT2D eigenvalue weighted by molar-refractivity contribution is 6.25. The fourth-order valence-corrected chi connectivity index (χ4v) is 2.79. The van der Waals surface area contributed by atoms with E-state index in [0.29, 0.717) is 12.8 Å². The number of aliphatic carboxylic acids is 1. The highest BCUT2D eigenvalue weighted by Crippen LogP contribution is 2.29. The number of carboxylic acids is 1. The Labute approximate surface area is 134 Å². The Kier molecular flexibility index (Phi) is 8.15. The van der Waals surface area contributed by atoms with Crippen molar-refractivity contribution < 1.29 is 29.0 Å². The van der Waals surface area contributed by atoms with Crippen LogP contribution in [0, 0.1) is 5.92 Å². The molecule has 0 radical (unpaired) electrons. The van der Waals surface area contributed by atoms with Crippen molar-refractivity contribution in [2.24, 2.45) is 5.92 Å². The number of Topliss-reactive ketones (excluding diaryl/α,β-unsaturated/α-hetero) is 1. The summed E-state index contributed by atoms with van der Waals surface area (Å²) in [5.41, 5.74) is 8.26. The molecule has 0 unspecified atom stereocenters. The molecule has 1 saturated carbocycles. The first kappa shape index (κ1) is 19.0. The fourth-order valence-electron chi connectivity index (χ4n) is 2.79. The van der Waals surface area contributed by atoms with Crippen LogP contribution < -0.4 is 5.32 Å². The molecular weight excluding hydrogens is 302 g/mol. The third-order valence-electron chi connectivity index (χ3n) is 3.93. The number of nitrogens with zero attached hydrogens (tertiary/aromatic N) is 2. The largest absolute Gasteiger partial charge is 0.480 e. The number of hydrogen-bond donors (Lipinski definition) is 2. The van der Waals surface area contributed by atoms with Gasteiger partial charge in [-0.15, -0.1) is 0 Å². The van der Waals surface area contributed by atoms with Crippen LogP contribution in [0.4, 0.5) is 0 Å². The van der Waals surface area contributed by atoms with Crippen molar-refractivity contribution in [3.63, 3.8) is 0 Å². The van der Waals surface area contributed by atoms with Crippen molar-refractivity contribution >= 4 is 23.9 Å². The number of ketones is 1. The van der Waals surface area contributed by atoms with Gasteiger partial charge in [-0.1, -0.05) is 12.8 Å². The summed E-state index contributed by atoms with van der Waals surface area (Å²) in [6.07, 6.45) is 3.71. The van der Waals surface area contributed by atoms with Crippen LogP contribution >= 0.6 is 0 Å². The molecule has 0 spiro atoms. The summed E-state index contributed by atoms with van der Waals surface area (Å²) in [6.45, 7) is 2.16. The standard InChI is InChI=1S/C15H23N3O5/c1-2-23-13(10-5-3-4-6-10)14(20)18-12(15(21)22)8-7-11(19)9-17-16/h9-10,12-13H,2-8H2,1H3,(H,18,20)(H,21,22)/t12-,13-/m0/s1. The predicted octanol–water partition coefficient (Wildman–Crippen LogP) is 0.801. The summed E-state index contributed by atoms with van der Waals surface area (Å²) in [4.78, 5) is 37.5. The molecule has 1 aliphatic rings. The quantitative estimate of drug-likeness (QED) is 0.349. The topological polar surface area (TPSA) is 129 Å². The second-order valence-corrected chi connectivity index (χ2v) is 5.57. The molecule has 2 N–H and O–H groups in total. The average Bonchev–Trinajstić information content (AvgIpc) is 3.02. The van der Waals surface area contributed by atoms with Gasteiger partial charge in [-0.2, -0.15) is 4.79 Å². The van der Waals surface area contributed by atoms with E-state index in [1.54, 1.807) is 6.92 Å². The van der Waals surface area contributed by atoms with Crippen molar-refractivity contribution in [1.82, 2.24) is 5.32 Å². The van der Waals surface area contributed by atoms with E-state index in [-0.39, 0.29) is 18.8 Å². The smallest absolute Gasteiger partial charge is 0.326 e. The van der Waals surface area contributed by atoms with Crippen molar-refractivity contribution in [2.75, 3.05) is 6.61 Å². The molecule has 1 fully saturated rings. The molecule has 8 nitrogen and oxygen atoms in total. The van der Waals surface area contributed by atoms with Gasteiger partial charge in [0.1, 0.15) is 12.1 Å². The molecule has 2 atom stereocenters. The number of hydrogen-bond acceptors (Lipinski definition) is 4. The second-order valence-electron chi connectivity index (χ2n) is 5.57. The fraction of sp³-hybridized carbons (Fsp3) is 0.733. The van der Waals surface area contributed by atoms with Crippen molar-refractivity contribution in [3.8, 4) is 0 Å². The molecule has 1 amide bonds. The minimum Gasteiger partial charge on any atom is -0.480 e. The Bertz CT molecular complexity index is 482. The number of rotatable bonds is 10. The summed E-state index contributed by atoms with van der Waals surface area (Å²) in [5.74, 6) is -2.07. The molecule has 0 saturated heterocycles. The van der Waals surface area contributed by atoms with E-state index in [4.69, 9.17) is 10.3 Å². The van der Waals surface area contributed by atoms with Crippen LogP contribution in [0.3, 0.4) is 0 Å². The second kappa shape index (κ2) is 9.86. The van der Waals surface area contributed by atoms with Crippen molar-refractivity contribution in [1.29, 1.82) is 0 Å². The lowest BCUT2D eigenvalue weighted by atomic mass is 9.99. The zero-order chi connectivity index (χ0) is 17.2. The molecular formula is C15H23N3O5. The summed E-state index contributed by atoms with van der Waals surface area (Å²) in [6, 6.07) is -1.18. The summed E-state index contributed by atoms with van der Waals surface area (Å²) in [5, 5.41) is 11.6. The Balaban J connectivity index is 2.64. The van der Waals surface area contributed by atoms with E-state index in [1.807, 2.05) is 0 Å². The lowest BCUT2D eigenvalue weighted by molar-refractivity contribution is -0.146. The van der Waals surface area contributed by atoms with Gasteiger partial charge in [0.05, 0.1) is 0 Å². The lowest BCUT2D eigenvalue weighted by Gasteiger charge is -2.24. The van der Waals surface area contributed by atoms with E-state index in [1.165, 1.54) is 0 Å². The van der Waals surface area contributed by atoms with Gasteiger partial charge in [-0.3, -0.25) is 9.59 Å². The summed E-state index contributed by atoms with van der Waals surface area (Å²) in [7, 11) is 0. The van der Waals surface area contributed by atoms with Crippen LogP contribution in [0.2, 0.25) is 0 Å². The maximum absolute atomic E-state index is 12.4. The van der Waals surface area contributed by atoms with Crippen molar-refractivity contribution in [3.05, 3.63) is 5.53 Å². The molecule has 0 aromatic rings. The molecule has 0 bridgehead atoms. The van der Waals surface area contributed by atoms with Crippen LogP contribution in [0.25, 0.3) is 5.53 Å². The zero-order valence-corrected chi connectivity index (χ0v) is 13.2. The number of carbonyl (C=O) groups is 3. The average molecular weight is 325 g/mol. The van der Waals surface area contributed by atoms with Gasteiger partial charge in [-0.25, -0.2) is 4.79 Å². The van der Waals surface area contributed by atoms with Gasteiger partial charge < -0.3 is 20.7 Å². The van der Waals surface area contributed by atoms with Crippen molar-refractivity contribution in [2.45, 2.75) is 57.6 Å². The third-order valence-corrected chi connectivity index (χ3v) is 3.93. The van der Waals surface area contributed by atoms with Gasteiger partial charge in [-0.05, 0) is 32.1 Å². The Morgan fingerprint density at radius 3 is 2.57 bits per heavy atom. The first-order valence-corrected chi connectivity index (χ1v) is 7.84. The van der Waals surface area contributed by atoms with E-state index >= 15 is 0 Å². The Morgan fingerprint density at radius 1 is 1.39 bits per heavy atom. The lowest BCUT2D eigenvalue weighted by Crippen LogP contribution is -2.48. The zero-order valence-electron chi connectivity index (χ0n) is 13.2. The maximum atomic E-state index is 12.4. The van der Waals surface area contributed by atoms with Gasteiger partial charge in [0.2, 0.25) is 11.7 Å². The molecule has 0 aromatic carbocycles. The van der Waals surface area contributed by atoms with E-state index < -0.39 is 29.8 Å². The van der Waals surface area contributed by atoms with Crippen LogP contribution in [0.15, 0.2) is 0 Å². The molecule has 1 rings (SSSR count). The Hall–Kier alpha value is -2.05. The summed E-state index contributed by atoms with van der Waals surface area (Å²) >= 11 is 0. The molecule has 8 heteroatoms.